The van der Waals surface area contributed by atoms with Crippen molar-refractivity contribution in [3.8, 4) is 0 Å². The zero-order chi connectivity index (χ0) is 22.0. The molecule has 2 aromatic rings. The van der Waals surface area contributed by atoms with E-state index in [-0.39, 0.29) is 22.1 Å². The third kappa shape index (κ3) is 4.42. The van der Waals surface area contributed by atoms with Crippen molar-refractivity contribution in [2.45, 2.75) is 24.4 Å². The number of nitrogens with zero attached hydrogens (tertiary/aromatic N) is 1. The van der Waals surface area contributed by atoms with Gasteiger partial charge in [0, 0.05) is 18.4 Å². The lowest BCUT2D eigenvalue weighted by Crippen LogP contribution is -2.68. The van der Waals surface area contributed by atoms with Gasteiger partial charge in [-0.15, -0.1) is 11.8 Å². The van der Waals surface area contributed by atoms with Crippen molar-refractivity contribution >= 4 is 40.5 Å². The van der Waals surface area contributed by atoms with Gasteiger partial charge in [-0.25, -0.2) is 4.79 Å². The summed E-state index contributed by atoms with van der Waals surface area (Å²) in [7, 11) is 0. The van der Waals surface area contributed by atoms with Crippen LogP contribution >= 0.6 is 23.5 Å². The average Bonchev–Trinajstić information content (AvgIpc) is 2.80. The minimum absolute atomic E-state index is 0.0505. The van der Waals surface area contributed by atoms with E-state index in [4.69, 9.17) is 10.5 Å². The highest BCUT2D eigenvalue weighted by Gasteiger charge is 2.52. The predicted octanol–water partition coefficient (Wildman–Crippen LogP) is 3.10. The van der Waals surface area contributed by atoms with E-state index in [0.29, 0.717) is 17.1 Å². The summed E-state index contributed by atoms with van der Waals surface area (Å²) in [4.78, 5) is 38.9. The molecule has 8 heteroatoms. The summed E-state index contributed by atoms with van der Waals surface area (Å²) in [6.45, 7) is 1.48. The molecule has 0 unspecified atom stereocenters. The molecule has 1 amide bonds. The second kappa shape index (κ2) is 9.30. The lowest BCUT2D eigenvalue weighted by atomic mass is 10.0. The lowest BCUT2D eigenvalue weighted by Gasteiger charge is -2.48. The molecule has 1 fully saturated rings. The third-order valence-corrected chi connectivity index (χ3v) is 7.42. The number of thioether (sulfide) groups is 2. The van der Waals surface area contributed by atoms with E-state index in [1.54, 1.807) is 0 Å². The monoisotopic (exact) mass is 454 g/mol. The minimum atomic E-state index is -0.631. The quantitative estimate of drug-likeness (QED) is 0.530. The number of esters is 1. The number of amides is 1. The average molecular weight is 455 g/mol. The smallest absolute Gasteiger partial charge is 0.356 e. The largest absolute Gasteiger partial charge is 0.448 e. The van der Waals surface area contributed by atoms with Gasteiger partial charge in [0.25, 0.3) is 0 Å². The molecule has 160 valence electrons. The van der Waals surface area contributed by atoms with Crippen LogP contribution < -0.4 is 5.73 Å². The number of ether oxygens (including phenoxy) is 1. The van der Waals surface area contributed by atoms with Crippen LogP contribution in [0.25, 0.3) is 0 Å². The molecule has 4 rings (SSSR count). The molecule has 0 radical (unpaired) electrons. The first-order valence-electron chi connectivity index (χ1n) is 9.84. The number of fused-ring (bicyclic) bond motifs is 1. The Morgan fingerprint density at radius 3 is 2.26 bits per heavy atom. The fourth-order valence-corrected chi connectivity index (χ4v) is 5.65. The van der Waals surface area contributed by atoms with Crippen molar-refractivity contribution in [3.05, 3.63) is 83.1 Å². The molecule has 1 saturated heterocycles. The highest BCUT2D eigenvalue weighted by atomic mass is 32.2. The molecular weight excluding hydrogens is 432 g/mol. The van der Waals surface area contributed by atoms with Crippen molar-refractivity contribution < 1.29 is 19.1 Å². The van der Waals surface area contributed by atoms with Crippen LogP contribution in [0.4, 0.5) is 0 Å². The maximum absolute atomic E-state index is 13.4. The second-order valence-electron chi connectivity index (χ2n) is 7.27. The maximum Gasteiger partial charge on any atom is 0.356 e. The summed E-state index contributed by atoms with van der Waals surface area (Å²) in [5, 5.41) is -0.335. The second-order valence-corrected chi connectivity index (χ2v) is 9.53. The van der Waals surface area contributed by atoms with E-state index in [0.717, 1.165) is 22.9 Å². The van der Waals surface area contributed by atoms with Crippen LogP contribution in [-0.4, -0.2) is 44.8 Å². The van der Waals surface area contributed by atoms with Gasteiger partial charge in [-0.1, -0.05) is 72.4 Å². The molecule has 0 bridgehead atoms. The molecule has 31 heavy (non-hydrogen) atoms. The van der Waals surface area contributed by atoms with Crippen molar-refractivity contribution in [2.24, 2.45) is 5.73 Å². The Bertz CT molecular complexity index is 987. The van der Waals surface area contributed by atoms with E-state index in [1.165, 1.54) is 23.6 Å². The molecule has 2 aliphatic heterocycles. The van der Waals surface area contributed by atoms with Gasteiger partial charge in [-0.2, -0.15) is 0 Å². The molecule has 0 spiro atoms. The summed E-state index contributed by atoms with van der Waals surface area (Å²) in [6.07, 6.45) is -0.623. The molecule has 2 atom stereocenters. The Balaban J connectivity index is 1.68. The van der Waals surface area contributed by atoms with Gasteiger partial charge in [0.2, 0.25) is 5.91 Å². The molecule has 6 nitrogen and oxygen atoms in total. The van der Waals surface area contributed by atoms with Crippen LogP contribution in [0.2, 0.25) is 0 Å². The van der Waals surface area contributed by atoms with Gasteiger partial charge in [-0.05, 0) is 16.7 Å². The van der Waals surface area contributed by atoms with Crippen LogP contribution in [0.5, 0.6) is 0 Å². The van der Waals surface area contributed by atoms with E-state index in [9.17, 15) is 14.4 Å². The van der Waals surface area contributed by atoms with Crippen molar-refractivity contribution in [3.63, 3.8) is 0 Å². The SMILES string of the molecule is CC(=O)SCC1=C(C(=O)OC(c2ccccc2)c2ccccc2)N2C(=O)[C@@H](N)[C@H]2SC1. The Hall–Kier alpha value is -2.55. The summed E-state index contributed by atoms with van der Waals surface area (Å²) in [6, 6.07) is 18.3. The Morgan fingerprint density at radius 1 is 1.13 bits per heavy atom. The molecule has 2 N–H and O–H groups in total. The molecule has 2 aliphatic rings. The number of benzene rings is 2. The van der Waals surface area contributed by atoms with Crippen LogP contribution in [0.15, 0.2) is 71.9 Å². The Kier molecular flexibility index (Phi) is 6.50. The van der Waals surface area contributed by atoms with Gasteiger partial charge in [0.1, 0.15) is 17.1 Å². The van der Waals surface area contributed by atoms with E-state index >= 15 is 0 Å². The summed E-state index contributed by atoms with van der Waals surface area (Å²) < 4.78 is 6.00. The molecule has 0 aliphatic carbocycles. The van der Waals surface area contributed by atoms with Crippen molar-refractivity contribution in [1.82, 2.24) is 4.90 Å². The standard InChI is InChI=1S/C23H22N2O4S2/c1-14(26)30-12-17-13-31-22-18(24)21(27)25(22)19(17)23(28)29-20(15-8-4-2-5-9-15)16-10-6-3-7-11-16/h2-11,18,20,22H,12-13,24H2,1H3/t18-,22-/m1/s1. The summed E-state index contributed by atoms with van der Waals surface area (Å²) in [5.41, 5.74) is 8.54. The normalized spacial score (nSPS) is 20.4. The number of hydrogen-bond acceptors (Lipinski definition) is 7. The van der Waals surface area contributed by atoms with Gasteiger partial charge in [-0.3, -0.25) is 14.5 Å². The van der Waals surface area contributed by atoms with Gasteiger partial charge < -0.3 is 10.5 Å². The van der Waals surface area contributed by atoms with E-state index in [1.807, 2.05) is 60.7 Å². The highest BCUT2D eigenvalue weighted by Crippen LogP contribution is 2.41. The van der Waals surface area contributed by atoms with Crippen LogP contribution in [-0.2, 0) is 19.1 Å². The zero-order valence-electron chi connectivity index (χ0n) is 16.9. The van der Waals surface area contributed by atoms with E-state index in [2.05, 4.69) is 0 Å². The Morgan fingerprint density at radius 2 is 1.71 bits per heavy atom. The van der Waals surface area contributed by atoms with Crippen LogP contribution in [0.3, 0.4) is 0 Å². The number of β-lactam (4-membered cyclic amide) rings is 1. The molecular formula is C23H22N2O4S2. The number of nitrogens with two attached hydrogens (primary N) is 1. The lowest BCUT2D eigenvalue weighted by molar-refractivity contribution is -0.153. The minimum Gasteiger partial charge on any atom is -0.448 e. The molecule has 2 heterocycles. The first kappa shape index (κ1) is 21.7. The Labute approximate surface area is 189 Å². The van der Waals surface area contributed by atoms with E-state index < -0.39 is 18.1 Å². The zero-order valence-corrected chi connectivity index (χ0v) is 18.5. The fourth-order valence-electron chi connectivity index (χ4n) is 3.62. The molecule has 0 aromatic heterocycles. The molecule has 2 aromatic carbocycles. The maximum atomic E-state index is 13.4. The predicted molar refractivity (Wildman–Crippen MR) is 122 cm³/mol. The first-order valence-corrected chi connectivity index (χ1v) is 11.9. The van der Waals surface area contributed by atoms with Gasteiger partial charge in [0.05, 0.1) is 0 Å². The third-order valence-electron chi connectivity index (χ3n) is 5.16. The number of rotatable bonds is 6. The van der Waals surface area contributed by atoms with Gasteiger partial charge >= 0.3 is 5.97 Å². The van der Waals surface area contributed by atoms with Gasteiger partial charge in [0.15, 0.2) is 11.2 Å². The van der Waals surface area contributed by atoms with Crippen LogP contribution in [0.1, 0.15) is 24.2 Å². The van der Waals surface area contributed by atoms with Crippen molar-refractivity contribution in [1.29, 1.82) is 0 Å². The summed E-state index contributed by atoms with van der Waals surface area (Å²) >= 11 is 2.62. The molecule has 0 saturated carbocycles. The fraction of sp³-hybridized carbons (Fsp3) is 0.261. The first-order chi connectivity index (χ1) is 15.0. The topological polar surface area (TPSA) is 89.7 Å². The highest BCUT2D eigenvalue weighted by molar-refractivity contribution is 8.13. The number of carbonyl (C=O) groups excluding carboxylic acids is 3. The number of carbonyl (C=O) groups is 3. The van der Waals surface area contributed by atoms with Crippen molar-refractivity contribution in [2.75, 3.05) is 11.5 Å². The van der Waals surface area contributed by atoms with Crippen LogP contribution in [0, 0.1) is 0 Å². The summed E-state index contributed by atoms with van der Waals surface area (Å²) in [5.74, 6) is -0.0264. The number of hydrogen-bond donors (Lipinski definition) is 1.